The lowest BCUT2D eigenvalue weighted by Crippen LogP contribution is -2.16. The van der Waals surface area contributed by atoms with E-state index < -0.39 is 10.0 Å². The second kappa shape index (κ2) is 6.28. The summed E-state index contributed by atoms with van der Waals surface area (Å²) in [6.45, 7) is 0.939. The van der Waals surface area contributed by atoms with E-state index in [0.717, 1.165) is 5.56 Å². The third-order valence-corrected chi connectivity index (χ3v) is 5.98. The summed E-state index contributed by atoms with van der Waals surface area (Å²) in [6.07, 6.45) is 1.21. The second-order valence-electron chi connectivity index (χ2n) is 6.04. The van der Waals surface area contributed by atoms with Crippen molar-refractivity contribution in [3.63, 3.8) is 0 Å². The van der Waals surface area contributed by atoms with Gasteiger partial charge in [0.25, 0.3) is 10.0 Å². The Labute approximate surface area is 151 Å². The second-order valence-corrected chi connectivity index (χ2v) is 7.66. The summed E-state index contributed by atoms with van der Waals surface area (Å²) in [5.41, 5.74) is 1.91. The van der Waals surface area contributed by atoms with Gasteiger partial charge in [0.2, 0.25) is 0 Å². The van der Waals surface area contributed by atoms with Crippen LogP contribution in [-0.4, -0.2) is 35.9 Å². The van der Waals surface area contributed by atoms with Crippen LogP contribution in [0.5, 0.6) is 23.0 Å². The monoisotopic (exact) mass is 377 g/mol. The van der Waals surface area contributed by atoms with Crippen molar-refractivity contribution in [2.75, 3.05) is 32.2 Å². The van der Waals surface area contributed by atoms with Crippen molar-refractivity contribution >= 4 is 15.7 Å². The Morgan fingerprint density at radius 2 is 1.77 bits per heavy atom. The molecule has 0 bridgehead atoms. The average molecular weight is 377 g/mol. The fourth-order valence-corrected chi connectivity index (χ4v) is 4.83. The van der Waals surface area contributed by atoms with Crippen molar-refractivity contribution in [2.45, 2.75) is 17.7 Å². The van der Waals surface area contributed by atoms with Gasteiger partial charge in [0.05, 0.1) is 33.1 Å². The first kappa shape index (κ1) is 16.8. The van der Waals surface area contributed by atoms with Gasteiger partial charge in [-0.3, -0.25) is 4.72 Å². The minimum atomic E-state index is -3.86. The summed E-state index contributed by atoms with van der Waals surface area (Å²) in [7, 11) is -0.838. The number of nitrogens with one attached hydrogen (secondary N) is 1. The zero-order valence-electron chi connectivity index (χ0n) is 14.5. The van der Waals surface area contributed by atoms with Gasteiger partial charge in [0.15, 0.2) is 11.5 Å². The van der Waals surface area contributed by atoms with E-state index in [4.69, 9.17) is 18.9 Å². The summed E-state index contributed by atoms with van der Waals surface area (Å²) in [6, 6.07) is 6.74. The Bertz CT molecular complexity index is 938. The molecule has 2 aromatic carbocycles. The smallest absolute Gasteiger partial charge is 0.266 e. The van der Waals surface area contributed by atoms with E-state index >= 15 is 0 Å². The van der Waals surface area contributed by atoms with Crippen LogP contribution in [0.3, 0.4) is 0 Å². The number of rotatable bonds is 5. The first-order valence-electron chi connectivity index (χ1n) is 8.22. The molecule has 2 aliphatic heterocycles. The molecule has 4 rings (SSSR count). The van der Waals surface area contributed by atoms with Gasteiger partial charge in [0, 0.05) is 30.0 Å². The van der Waals surface area contributed by atoms with Crippen molar-refractivity contribution in [1.29, 1.82) is 0 Å². The molecule has 0 fully saturated rings. The van der Waals surface area contributed by atoms with Gasteiger partial charge in [0.1, 0.15) is 16.4 Å². The molecular weight excluding hydrogens is 358 g/mol. The number of sulfonamides is 1. The molecule has 0 unspecified atom stereocenters. The maximum absolute atomic E-state index is 13.2. The van der Waals surface area contributed by atoms with E-state index in [9.17, 15) is 8.42 Å². The van der Waals surface area contributed by atoms with Crippen LogP contribution in [-0.2, 0) is 22.9 Å². The van der Waals surface area contributed by atoms with Gasteiger partial charge < -0.3 is 18.9 Å². The fraction of sp³-hybridized carbons (Fsp3) is 0.333. The molecule has 1 N–H and O–H groups in total. The molecule has 0 atom stereocenters. The molecular formula is C18H19NO6S. The molecule has 2 heterocycles. The Hall–Kier alpha value is -2.61. The Morgan fingerprint density at radius 3 is 2.54 bits per heavy atom. The number of hydrogen-bond acceptors (Lipinski definition) is 6. The van der Waals surface area contributed by atoms with E-state index in [1.165, 1.54) is 14.2 Å². The van der Waals surface area contributed by atoms with Crippen molar-refractivity contribution < 1.29 is 27.4 Å². The lowest BCUT2D eigenvalue weighted by Gasteiger charge is -2.16. The molecule has 2 aromatic rings. The summed E-state index contributed by atoms with van der Waals surface area (Å²) in [5.74, 6) is 2.02. The summed E-state index contributed by atoms with van der Waals surface area (Å²) in [5, 5.41) is 0. The van der Waals surface area contributed by atoms with Crippen LogP contribution < -0.4 is 23.7 Å². The average Bonchev–Trinajstić information content (AvgIpc) is 3.27. The zero-order chi connectivity index (χ0) is 18.3. The Kier molecular flexibility index (Phi) is 4.07. The Morgan fingerprint density at radius 1 is 1.00 bits per heavy atom. The molecule has 0 aromatic heterocycles. The highest BCUT2D eigenvalue weighted by Crippen LogP contribution is 2.43. The lowest BCUT2D eigenvalue weighted by atomic mass is 10.1. The highest BCUT2D eigenvalue weighted by Gasteiger charge is 2.33. The minimum Gasteiger partial charge on any atom is -0.493 e. The van der Waals surface area contributed by atoms with Crippen LogP contribution in [0.15, 0.2) is 29.2 Å². The quantitative estimate of drug-likeness (QED) is 0.861. The normalized spacial score (nSPS) is 14.8. The minimum absolute atomic E-state index is 0.176. The maximum Gasteiger partial charge on any atom is 0.266 e. The molecule has 8 heteroatoms. The fourth-order valence-electron chi connectivity index (χ4n) is 3.33. The van der Waals surface area contributed by atoms with Gasteiger partial charge in [-0.05, 0) is 18.2 Å². The number of hydrogen-bond donors (Lipinski definition) is 1. The Balaban J connectivity index is 1.77. The largest absolute Gasteiger partial charge is 0.493 e. The van der Waals surface area contributed by atoms with E-state index in [1.807, 2.05) is 6.07 Å². The third-order valence-electron chi connectivity index (χ3n) is 4.51. The van der Waals surface area contributed by atoms with E-state index in [1.54, 1.807) is 18.2 Å². The van der Waals surface area contributed by atoms with Crippen molar-refractivity contribution in [2.24, 2.45) is 0 Å². The molecule has 0 saturated heterocycles. The number of fused-ring (bicyclic) bond motifs is 2. The molecule has 7 nitrogen and oxygen atoms in total. The van der Waals surface area contributed by atoms with E-state index in [-0.39, 0.29) is 4.90 Å². The highest BCUT2D eigenvalue weighted by molar-refractivity contribution is 7.92. The molecule has 2 aliphatic rings. The summed E-state index contributed by atoms with van der Waals surface area (Å²) < 4.78 is 50.6. The van der Waals surface area contributed by atoms with Gasteiger partial charge in [-0.2, -0.15) is 0 Å². The van der Waals surface area contributed by atoms with Gasteiger partial charge in [-0.15, -0.1) is 0 Å². The highest BCUT2D eigenvalue weighted by atomic mass is 32.2. The molecule has 26 heavy (non-hydrogen) atoms. The zero-order valence-corrected chi connectivity index (χ0v) is 15.3. The van der Waals surface area contributed by atoms with Crippen LogP contribution in [0.1, 0.15) is 11.1 Å². The van der Waals surface area contributed by atoms with E-state index in [0.29, 0.717) is 60.3 Å². The molecule has 0 amide bonds. The first-order valence-corrected chi connectivity index (χ1v) is 9.71. The van der Waals surface area contributed by atoms with Crippen LogP contribution in [0, 0.1) is 0 Å². The third kappa shape index (κ3) is 2.70. The molecule has 0 spiro atoms. The topological polar surface area (TPSA) is 83.1 Å². The SMILES string of the molecule is COc1ccc(NS(=O)(=O)c2c3c(cc4c2OCC4)OCC3)cc1OC. The number of anilines is 1. The predicted molar refractivity (Wildman–Crippen MR) is 95.2 cm³/mol. The number of methoxy groups -OCH3 is 2. The van der Waals surface area contributed by atoms with Crippen molar-refractivity contribution in [3.8, 4) is 23.0 Å². The van der Waals surface area contributed by atoms with Crippen LogP contribution in [0.2, 0.25) is 0 Å². The summed E-state index contributed by atoms with van der Waals surface area (Å²) in [4.78, 5) is 0.176. The van der Waals surface area contributed by atoms with E-state index in [2.05, 4.69) is 4.72 Å². The molecule has 138 valence electrons. The van der Waals surface area contributed by atoms with Crippen LogP contribution in [0.4, 0.5) is 5.69 Å². The van der Waals surface area contributed by atoms with Gasteiger partial charge in [-0.25, -0.2) is 8.42 Å². The molecule has 0 radical (unpaired) electrons. The molecule has 0 aliphatic carbocycles. The van der Waals surface area contributed by atoms with Crippen molar-refractivity contribution in [3.05, 3.63) is 35.4 Å². The summed E-state index contributed by atoms with van der Waals surface area (Å²) >= 11 is 0. The number of ether oxygens (including phenoxy) is 4. The van der Waals surface area contributed by atoms with Crippen molar-refractivity contribution in [1.82, 2.24) is 0 Å². The van der Waals surface area contributed by atoms with Gasteiger partial charge in [-0.1, -0.05) is 0 Å². The predicted octanol–water partition coefficient (Wildman–Crippen LogP) is 2.37. The molecule has 0 saturated carbocycles. The van der Waals surface area contributed by atoms with Gasteiger partial charge >= 0.3 is 0 Å². The maximum atomic E-state index is 13.2. The lowest BCUT2D eigenvalue weighted by molar-refractivity contribution is 0.348. The standard InChI is InChI=1S/C18H19NO6S/c1-22-14-4-3-12(10-16(14)23-2)19-26(20,21)18-13-6-8-24-15(13)9-11-5-7-25-17(11)18/h3-4,9-10,19H,5-8H2,1-2H3. The van der Waals surface area contributed by atoms with Crippen LogP contribution >= 0.6 is 0 Å². The van der Waals surface area contributed by atoms with Crippen LogP contribution in [0.25, 0.3) is 0 Å². The first-order chi connectivity index (χ1) is 12.5. The number of benzene rings is 2.